The topological polar surface area (TPSA) is 184 Å². The summed E-state index contributed by atoms with van der Waals surface area (Å²) < 4.78 is 24.7. The minimum absolute atomic E-state index is 0.120. The van der Waals surface area contributed by atoms with Crippen LogP contribution in [-0.2, 0) is 20.0 Å². The SMILES string of the molecule is O=C(Nc1ncnc2c1ncn2[C@@H]1O[C@H](COP(=O)([O-])Cc2ccccc2)C(O)[C@@H]1O)NC1CCCC1. The van der Waals surface area contributed by atoms with E-state index in [-0.39, 0.29) is 29.2 Å². The molecule has 1 saturated heterocycles. The number of hydrogen-bond acceptors (Lipinski definition) is 10. The van der Waals surface area contributed by atoms with Gasteiger partial charge in [-0.25, -0.2) is 19.7 Å². The van der Waals surface area contributed by atoms with Gasteiger partial charge in [0.05, 0.1) is 12.9 Å². The highest BCUT2D eigenvalue weighted by Gasteiger charge is 2.44. The van der Waals surface area contributed by atoms with Crippen molar-refractivity contribution in [3.63, 3.8) is 0 Å². The van der Waals surface area contributed by atoms with E-state index >= 15 is 0 Å². The molecule has 5 rings (SSSR count). The minimum atomic E-state index is -4.27. The molecular weight excluding hydrogens is 503 g/mol. The van der Waals surface area contributed by atoms with Gasteiger partial charge in [0, 0.05) is 12.2 Å². The number of rotatable bonds is 8. The smallest absolute Gasteiger partial charge is 0.320 e. The fourth-order valence-electron chi connectivity index (χ4n) is 4.67. The van der Waals surface area contributed by atoms with Gasteiger partial charge in [-0.2, -0.15) is 0 Å². The number of urea groups is 1. The lowest BCUT2D eigenvalue weighted by atomic mass is 10.1. The summed E-state index contributed by atoms with van der Waals surface area (Å²) in [5.74, 6) is 0.181. The Morgan fingerprint density at radius 1 is 1.16 bits per heavy atom. The first-order chi connectivity index (χ1) is 17.8. The van der Waals surface area contributed by atoms with Crippen molar-refractivity contribution in [2.24, 2.45) is 0 Å². The van der Waals surface area contributed by atoms with E-state index < -0.39 is 44.8 Å². The summed E-state index contributed by atoms with van der Waals surface area (Å²) in [7, 11) is -4.27. The third-order valence-electron chi connectivity index (χ3n) is 6.55. The molecule has 0 bridgehead atoms. The van der Waals surface area contributed by atoms with Gasteiger partial charge in [-0.05, 0) is 18.4 Å². The van der Waals surface area contributed by atoms with E-state index in [1.807, 2.05) is 0 Å². The van der Waals surface area contributed by atoms with Crippen LogP contribution < -0.4 is 15.5 Å². The zero-order chi connectivity index (χ0) is 26.0. The summed E-state index contributed by atoms with van der Waals surface area (Å²) in [6.45, 7) is -0.474. The molecule has 0 spiro atoms. The molecule has 1 aliphatic carbocycles. The first-order valence-electron chi connectivity index (χ1n) is 12.1. The number of aliphatic hydroxyl groups is 2. The van der Waals surface area contributed by atoms with Gasteiger partial charge in [0.2, 0.25) is 0 Å². The Labute approximate surface area is 212 Å². The molecule has 2 fully saturated rings. The van der Waals surface area contributed by atoms with Crippen LogP contribution >= 0.6 is 7.60 Å². The molecule has 0 radical (unpaired) electrons. The fourth-order valence-corrected chi connectivity index (χ4v) is 5.79. The lowest BCUT2D eigenvalue weighted by Gasteiger charge is -2.25. The van der Waals surface area contributed by atoms with Crippen molar-refractivity contribution in [3.05, 3.63) is 48.5 Å². The second kappa shape index (κ2) is 10.8. The molecule has 14 heteroatoms. The van der Waals surface area contributed by atoms with E-state index in [0.717, 1.165) is 25.7 Å². The van der Waals surface area contributed by atoms with Crippen LogP contribution in [0.25, 0.3) is 11.2 Å². The quantitative estimate of drug-likeness (QED) is 0.309. The number of carbonyl (C=O) groups is 1. The predicted molar refractivity (Wildman–Crippen MR) is 129 cm³/mol. The lowest BCUT2D eigenvalue weighted by Crippen LogP contribution is -2.36. The third-order valence-corrected chi connectivity index (χ3v) is 7.84. The molecule has 2 aliphatic rings. The summed E-state index contributed by atoms with van der Waals surface area (Å²) in [5.41, 5.74) is 1.08. The second-order valence-electron chi connectivity index (χ2n) is 9.22. The van der Waals surface area contributed by atoms with Gasteiger partial charge in [0.15, 0.2) is 23.2 Å². The number of aromatic nitrogens is 4. The van der Waals surface area contributed by atoms with E-state index in [1.165, 1.54) is 17.2 Å². The number of ether oxygens (including phenoxy) is 1. The number of fused-ring (bicyclic) bond motifs is 1. The van der Waals surface area contributed by atoms with Gasteiger partial charge in [-0.15, -0.1) is 0 Å². The Balaban J connectivity index is 1.26. The van der Waals surface area contributed by atoms with Crippen LogP contribution in [0.15, 0.2) is 43.0 Å². The maximum Gasteiger partial charge on any atom is 0.320 e. The van der Waals surface area contributed by atoms with Crippen molar-refractivity contribution in [1.29, 1.82) is 0 Å². The highest BCUT2D eigenvalue weighted by Crippen LogP contribution is 2.42. The molecule has 37 heavy (non-hydrogen) atoms. The van der Waals surface area contributed by atoms with Crippen LogP contribution in [0.4, 0.5) is 10.6 Å². The Morgan fingerprint density at radius 3 is 2.68 bits per heavy atom. The van der Waals surface area contributed by atoms with Gasteiger partial charge < -0.3 is 34.2 Å². The van der Waals surface area contributed by atoms with Gasteiger partial charge in [-0.1, -0.05) is 43.2 Å². The first-order valence-corrected chi connectivity index (χ1v) is 13.8. The van der Waals surface area contributed by atoms with Crippen molar-refractivity contribution < 1.29 is 33.7 Å². The zero-order valence-electron chi connectivity index (χ0n) is 19.8. The molecule has 1 aromatic carbocycles. The summed E-state index contributed by atoms with van der Waals surface area (Å²) in [6.07, 6.45) is 1.21. The van der Waals surface area contributed by atoms with Gasteiger partial charge in [0.1, 0.15) is 32.2 Å². The fraction of sp³-hybridized carbons (Fsp3) is 0.478. The van der Waals surface area contributed by atoms with E-state index in [0.29, 0.717) is 5.56 Å². The molecule has 1 aliphatic heterocycles. The standard InChI is InChI=1S/C23H29N6O7P/c30-18-16(10-35-37(33,34)11-14-6-2-1-3-7-14)36-22(19(18)31)29-13-26-17-20(24-12-25-21(17)29)28-23(32)27-15-8-4-5-9-15/h1-3,6-7,12-13,15-16,18-19,22,30-31H,4-5,8-11H2,(H,33,34)(H2,24,25,27,28,32)/p-1/t16-,18?,19+,22-/m1/s1. The van der Waals surface area contributed by atoms with Crippen LogP contribution in [0.3, 0.4) is 0 Å². The van der Waals surface area contributed by atoms with Crippen molar-refractivity contribution in [2.75, 3.05) is 11.9 Å². The van der Waals surface area contributed by atoms with Crippen molar-refractivity contribution in [2.45, 2.75) is 62.4 Å². The molecule has 1 saturated carbocycles. The highest BCUT2D eigenvalue weighted by molar-refractivity contribution is 7.50. The molecule has 2 aromatic heterocycles. The van der Waals surface area contributed by atoms with Gasteiger partial charge in [0.25, 0.3) is 0 Å². The minimum Gasteiger partial charge on any atom is -0.778 e. The molecule has 5 atom stereocenters. The summed E-state index contributed by atoms with van der Waals surface area (Å²) in [4.78, 5) is 37.4. The van der Waals surface area contributed by atoms with Crippen molar-refractivity contribution in [3.8, 4) is 0 Å². The summed E-state index contributed by atoms with van der Waals surface area (Å²) in [5, 5.41) is 26.8. The van der Waals surface area contributed by atoms with Crippen LogP contribution in [0, 0.1) is 0 Å². The maximum atomic E-state index is 12.4. The molecule has 2 amide bonds. The highest BCUT2D eigenvalue weighted by atomic mass is 31.2. The number of benzene rings is 1. The first kappa shape index (κ1) is 25.7. The van der Waals surface area contributed by atoms with Gasteiger partial charge in [-0.3, -0.25) is 9.88 Å². The number of hydrogen-bond donors (Lipinski definition) is 4. The van der Waals surface area contributed by atoms with Crippen LogP contribution in [0.1, 0.15) is 37.5 Å². The predicted octanol–water partition coefficient (Wildman–Crippen LogP) is 1.28. The molecule has 3 aromatic rings. The monoisotopic (exact) mass is 531 g/mol. The third kappa shape index (κ3) is 5.82. The van der Waals surface area contributed by atoms with E-state index in [9.17, 15) is 24.5 Å². The molecule has 4 N–H and O–H groups in total. The van der Waals surface area contributed by atoms with Crippen LogP contribution in [0.5, 0.6) is 0 Å². The number of anilines is 1. The number of carbonyl (C=O) groups excluding carboxylic acids is 1. The number of aliphatic hydroxyl groups excluding tert-OH is 2. The Bertz CT molecular complexity index is 1290. The molecule has 198 valence electrons. The molecular formula is C23H28N6O7P-. The lowest BCUT2D eigenvalue weighted by molar-refractivity contribution is -0.202. The maximum absolute atomic E-state index is 12.4. The molecule has 2 unspecified atom stereocenters. The average Bonchev–Trinajstić information content (AvgIpc) is 3.60. The van der Waals surface area contributed by atoms with Crippen molar-refractivity contribution >= 4 is 30.6 Å². The Morgan fingerprint density at radius 2 is 1.92 bits per heavy atom. The average molecular weight is 531 g/mol. The van der Waals surface area contributed by atoms with Crippen molar-refractivity contribution in [1.82, 2.24) is 24.8 Å². The van der Waals surface area contributed by atoms with E-state index in [4.69, 9.17) is 9.26 Å². The largest absolute Gasteiger partial charge is 0.778 e. The number of imidazole rings is 1. The van der Waals surface area contributed by atoms with E-state index in [1.54, 1.807) is 30.3 Å². The van der Waals surface area contributed by atoms with Gasteiger partial charge >= 0.3 is 6.03 Å². The number of nitrogens with zero attached hydrogens (tertiary/aromatic N) is 4. The summed E-state index contributed by atoms with van der Waals surface area (Å²) >= 11 is 0. The summed E-state index contributed by atoms with van der Waals surface area (Å²) in [6, 6.07) is 8.28. The zero-order valence-corrected chi connectivity index (χ0v) is 20.7. The molecule has 13 nitrogen and oxygen atoms in total. The van der Waals surface area contributed by atoms with Crippen LogP contribution in [-0.4, -0.2) is 66.7 Å². The Kier molecular flexibility index (Phi) is 7.52. The van der Waals surface area contributed by atoms with E-state index in [2.05, 4.69) is 25.6 Å². The second-order valence-corrected chi connectivity index (χ2v) is 11.0. The van der Waals surface area contributed by atoms with Crippen LogP contribution in [0.2, 0.25) is 0 Å². The molecule has 3 heterocycles. The number of amides is 2. The number of nitrogens with one attached hydrogen (secondary N) is 2. The normalized spacial score (nSPS) is 25.8. The Hall–Kier alpha value is -2.93.